The number of anilines is 1. The fourth-order valence-corrected chi connectivity index (χ4v) is 3.66. The van der Waals surface area contributed by atoms with Gasteiger partial charge in [0, 0.05) is 38.2 Å². The highest BCUT2D eigenvalue weighted by Crippen LogP contribution is 2.17. The van der Waals surface area contributed by atoms with Crippen molar-refractivity contribution in [2.45, 2.75) is 18.9 Å². The predicted molar refractivity (Wildman–Crippen MR) is 91.1 cm³/mol. The van der Waals surface area contributed by atoms with E-state index in [1.54, 1.807) is 0 Å². The van der Waals surface area contributed by atoms with Crippen LogP contribution in [-0.4, -0.2) is 47.4 Å². The van der Waals surface area contributed by atoms with Crippen LogP contribution in [0.5, 0.6) is 0 Å². The molecule has 0 amide bonds. The van der Waals surface area contributed by atoms with E-state index in [9.17, 15) is 8.42 Å². The van der Waals surface area contributed by atoms with Crippen molar-refractivity contribution in [1.82, 2.24) is 4.72 Å². The first-order chi connectivity index (χ1) is 10.4. The van der Waals surface area contributed by atoms with Crippen LogP contribution in [0.15, 0.2) is 24.3 Å². The molecule has 2 N–H and O–H groups in total. The molecular weight excluding hydrogens is 322 g/mol. The van der Waals surface area contributed by atoms with Crippen LogP contribution < -0.4 is 14.5 Å². The summed E-state index contributed by atoms with van der Waals surface area (Å²) in [7, 11) is 0.634. The van der Waals surface area contributed by atoms with Crippen LogP contribution in [0.4, 0.5) is 5.69 Å². The average Bonchev–Trinajstić information content (AvgIpc) is 3.02. The Morgan fingerprint density at radius 2 is 1.82 bits per heavy atom. The van der Waals surface area contributed by atoms with Crippen molar-refractivity contribution in [2.24, 2.45) is 0 Å². The molecule has 0 radical (unpaired) electrons. The lowest BCUT2D eigenvalue weighted by molar-refractivity contribution is -0.918. The Hall–Kier alpha value is -0.820. The average molecular weight is 347 g/mol. The third-order valence-corrected chi connectivity index (χ3v) is 5.96. The molecule has 5 nitrogen and oxygen atoms in total. The normalized spacial score (nSPS) is 17.6. The maximum atomic E-state index is 11.6. The molecule has 1 heterocycles. The zero-order valence-corrected chi connectivity index (χ0v) is 14.8. The van der Waals surface area contributed by atoms with Crippen LogP contribution in [0.1, 0.15) is 24.4 Å². The highest BCUT2D eigenvalue weighted by molar-refractivity contribution is 7.90. The fraction of sp³-hybridized carbons (Fsp3) is 0.600. The number of hydrogen-bond donors (Lipinski definition) is 2. The van der Waals surface area contributed by atoms with Crippen molar-refractivity contribution in [1.29, 1.82) is 0 Å². The quantitative estimate of drug-likeness (QED) is 0.710. The van der Waals surface area contributed by atoms with Gasteiger partial charge in [0.1, 0.15) is 11.3 Å². The second-order valence-electron chi connectivity index (χ2n) is 5.98. The van der Waals surface area contributed by atoms with Gasteiger partial charge in [0.05, 0.1) is 19.6 Å². The largest absolute Gasteiger partial charge is 0.378 e. The van der Waals surface area contributed by atoms with Gasteiger partial charge in [0.2, 0.25) is 10.0 Å². The molecule has 0 aromatic heterocycles. The second kappa shape index (κ2) is 7.64. The Morgan fingerprint density at radius 3 is 2.32 bits per heavy atom. The lowest BCUT2D eigenvalue weighted by Crippen LogP contribution is -3.11. The number of quaternary nitrogens is 1. The van der Waals surface area contributed by atoms with Crippen LogP contribution in [0.3, 0.4) is 0 Å². The molecule has 1 fully saturated rings. The number of sulfonamides is 1. The molecule has 1 atom stereocenters. The molecule has 2 rings (SSSR count). The molecule has 0 spiro atoms. The number of nitrogens with one attached hydrogen (secondary N) is 2. The standard InChI is InChI=1S/C15H24ClN3O2S/c1-18(2)14-7-5-13(6-8-14)15(19-9-3-4-10-19)11-17-22(20,21)12-16/h5-8,15,17H,3-4,9-12H2,1-2H3/p+1/t15-/m0/s1. The number of rotatable bonds is 7. The van der Waals surface area contributed by atoms with Crippen molar-refractivity contribution in [3.8, 4) is 0 Å². The van der Waals surface area contributed by atoms with Gasteiger partial charge in [-0.25, -0.2) is 13.1 Å². The maximum absolute atomic E-state index is 11.6. The highest BCUT2D eigenvalue weighted by Gasteiger charge is 2.28. The molecule has 1 aromatic carbocycles. The Bertz CT molecular complexity index is 569. The van der Waals surface area contributed by atoms with Gasteiger partial charge in [0.15, 0.2) is 0 Å². The van der Waals surface area contributed by atoms with E-state index in [1.807, 2.05) is 14.1 Å². The summed E-state index contributed by atoms with van der Waals surface area (Å²) in [5.41, 5.74) is 2.31. The number of hydrogen-bond acceptors (Lipinski definition) is 3. The summed E-state index contributed by atoms with van der Waals surface area (Å²) < 4.78 is 25.9. The summed E-state index contributed by atoms with van der Waals surface area (Å²) in [5.74, 6) is 0. The van der Waals surface area contributed by atoms with Gasteiger partial charge in [-0.05, 0) is 12.1 Å². The Morgan fingerprint density at radius 1 is 1.23 bits per heavy atom. The molecule has 1 aliphatic rings. The Kier molecular flexibility index (Phi) is 6.09. The third kappa shape index (κ3) is 4.59. The van der Waals surface area contributed by atoms with Gasteiger partial charge in [-0.2, -0.15) is 0 Å². The van der Waals surface area contributed by atoms with Crippen LogP contribution >= 0.6 is 11.6 Å². The monoisotopic (exact) mass is 346 g/mol. The number of alkyl halides is 1. The van der Waals surface area contributed by atoms with E-state index >= 15 is 0 Å². The number of halogens is 1. The van der Waals surface area contributed by atoms with Crippen molar-refractivity contribution in [2.75, 3.05) is 43.8 Å². The first-order valence-electron chi connectivity index (χ1n) is 7.58. The first-order valence-corrected chi connectivity index (χ1v) is 9.77. The molecule has 0 unspecified atom stereocenters. The van der Waals surface area contributed by atoms with Gasteiger partial charge in [0.25, 0.3) is 0 Å². The van der Waals surface area contributed by atoms with Crippen molar-refractivity contribution >= 4 is 27.3 Å². The van der Waals surface area contributed by atoms with Gasteiger partial charge < -0.3 is 9.80 Å². The Labute approximate surface area is 138 Å². The van der Waals surface area contributed by atoms with Crippen LogP contribution in [0, 0.1) is 0 Å². The molecule has 22 heavy (non-hydrogen) atoms. The van der Waals surface area contributed by atoms with Crippen LogP contribution in [0.2, 0.25) is 0 Å². The first kappa shape index (κ1) is 17.5. The van der Waals surface area contributed by atoms with Gasteiger partial charge in [-0.15, -0.1) is 11.6 Å². The summed E-state index contributed by atoms with van der Waals surface area (Å²) in [6.07, 6.45) is 2.40. The molecule has 0 bridgehead atoms. The van der Waals surface area contributed by atoms with Crippen molar-refractivity contribution < 1.29 is 13.3 Å². The molecule has 7 heteroatoms. The summed E-state index contributed by atoms with van der Waals surface area (Å²) in [6, 6.07) is 8.49. The Balaban J connectivity index is 2.16. The molecule has 1 aromatic rings. The summed E-state index contributed by atoms with van der Waals surface area (Å²) in [6.45, 7) is 2.57. The topological polar surface area (TPSA) is 53.9 Å². The van der Waals surface area contributed by atoms with Gasteiger partial charge in [-0.3, -0.25) is 0 Å². The second-order valence-corrected chi connectivity index (χ2v) is 8.37. The molecule has 1 aliphatic heterocycles. The summed E-state index contributed by atoms with van der Waals surface area (Å²) in [5, 5.41) is -0.394. The van der Waals surface area contributed by atoms with E-state index in [-0.39, 0.29) is 6.04 Å². The van der Waals surface area contributed by atoms with E-state index in [2.05, 4.69) is 33.9 Å². The van der Waals surface area contributed by atoms with E-state index in [0.29, 0.717) is 6.54 Å². The van der Waals surface area contributed by atoms with Crippen LogP contribution in [-0.2, 0) is 10.0 Å². The summed E-state index contributed by atoms with van der Waals surface area (Å²) >= 11 is 5.48. The SMILES string of the molecule is CN(C)c1ccc([C@H](CNS(=O)(=O)CCl)[NH+]2CCCC2)cc1. The number of likely N-dealkylation sites (tertiary alicyclic amines) is 1. The maximum Gasteiger partial charge on any atom is 0.225 e. The van der Waals surface area contributed by atoms with Crippen molar-refractivity contribution in [3.63, 3.8) is 0 Å². The molecule has 0 saturated carbocycles. The molecular formula is C15H25ClN3O2S+. The van der Waals surface area contributed by atoms with E-state index in [0.717, 1.165) is 18.8 Å². The number of nitrogens with zero attached hydrogens (tertiary/aromatic N) is 1. The van der Waals surface area contributed by atoms with Crippen molar-refractivity contribution in [3.05, 3.63) is 29.8 Å². The minimum Gasteiger partial charge on any atom is -0.378 e. The highest BCUT2D eigenvalue weighted by atomic mass is 35.5. The molecule has 0 aliphatic carbocycles. The lowest BCUT2D eigenvalue weighted by atomic mass is 10.1. The van der Waals surface area contributed by atoms with Gasteiger partial charge >= 0.3 is 0 Å². The smallest absolute Gasteiger partial charge is 0.225 e. The molecule has 124 valence electrons. The lowest BCUT2D eigenvalue weighted by Gasteiger charge is -2.25. The molecule has 1 saturated heterocycles. The van der Waals surface area contributed by atoms with Crippen LogP contribution in [0.25, 0.3) is 0 Å². The minimum absolute atomic E-state index is 0.136. The zero-order valence-electron chi connectivity index (χ0n) is 13.2. The summed E-state index contributed by atoms with van der Waals surface area (Å²) in [4.78, 5) is 3.49. The third-order valence-electron chi connectivity index (χ3n) is 4.20. The number of benzene rings is 1. The van der Waals surface area contributed by atoms with E-state index in [1.165, 1.54) is 23.3 Å². The fourth-order valence-electron chi connectivity index (χ4n) is 2.93. The van der Waals surface area contributed by atoms with E-state index in [4.69, 9.17) is 11.6 Å². The predicted octanol–water partition coefficient (Wildman–Crippen LogP) is 0.588. The van der Waals surface area contributed by atoms with E-state index < -0.39 is 15.2 Å². The zero-order chi connectivity index (χ0) is 16.2. The minimum atomic E-state index is -3.38. The van der Waals surface area contributed by atoms with Gasteiger partial charge in [-0.1, -0.05) is 12.1 Å².